The number of carbonyl (C=O) groups is 2. The predicted molar refractivity (Wildman–Crippen MR) is 186 cm³/mol. The number of fused-ring (bicyclic) bond motifs is 1. The van der Waals surface area contributed by atoms with Gasteiger partial charge in [-0.1, -0.05) is 42.5 Å². The molecule has 4 aromatic rings. The fourth-order valence-electron chi connectivity index (χ4n) is 6.46. The number of aromatic nitrogens is 2. The molecule has 48 heavy (non-hydrogen) atoms. The molecule has 0 radical (unpaired) electrons. The van der Waals surface area contributed by atoms with Gasteiger partial charge in [-0.15, -0.1) is 0 Å². The number of hydrogen-bond donors (Lipinski definition) is 0. The SMILES string of the molecule is CCOC(=O)Cn1c(N2CCCN(CCC(CN(C)C(=O)c3cc(OC)c(OC)c(OC)c3)c3ccccc3)CC2)nc2ccccc21. The second-order valence-electron chi connectivity index (χ2n) is 12.0. The summed E-state index contributed by atoms with van der Waals surface area (Å²) in [6.07, 6.45) is 1.86. The Morgan fingerprint density at radius 1 is 0.896 bits per heavy atom. The molecule has 3 aromatic carbocycles. The van der Waals surface area contributed by atoms with E-state index in [0.29, 0.717) is 36.0 Å². The van der Waals surface area contributed by atoms with E-state index in [-0.39, 0.29) is 24.3 Å². The topological polar surface area (TPSA) is 98.6 Å². The lowest BCUT2D eigenvalue weighted by Gasteiger charge is -2.28. The van der Waals surface area contributed by atoms with Crippen molar-refractivity contribution in [2.75, 3.05) is 79.2 Å². The van der Waals surface area contributed by atoms with Gasteiger partial charge in [0, 0.05) is 44.7 Å². The molecule has 1 aromatic heterocycles. The number of benzene rings is 3. The van der Waals surface area contributed by atoms with Crippen molar-refractivity contribution in [3.63, 3.8) is 0 Å². The van der Waals surface area contributed by atoms with Crippen molar-refractivity contribution in [2.45, 2.75) is 32.2 Å². The Kier molecular flexibility index (Phi) is 11.8. The van der Waals surface area contributed by atoms with E-state index in [9.17, 15) is 9.59 Å². The van der Waals surface area contributed by atoms with E-state index >= 15 is 0 Å². The predicted octanol–water partition coefficient (Wildman–Crippen LogP) is 5.08. The highest BCUT2D eigenvalue weighted by Gasteiger charge is 2.25. The van der Waals surface area contributed by atoms with Crippen LogP contribution in [-0.4, -0.2) is 105 Å². The van der Waals surface area contributed by atoms with Crippen LogP contribution in [0.25, 0.3) is 11.0 Å². The van der Waals surface area contributed by atoms with E-state index in [4.69, 9.17) is 23.9 Å². The Balaban J connectivity index is 1.27. The van der Waals surface area contributed by atoms with Crippen LogP contribution < -0.4 is 19.1 Å². The molecule has 0 saturated carbocycles. The Labute approximate surface area is 282 Å². The van der Waals surface area contributed by atoms with E-state index < -0.39 is 0 Å². The van der Waals surface area contributed by atoms with Crippen LogP contribution in [0.5, 0.6) is 17.2 Å². The number of anilines is 1. The van der Waals surface area contributed by atoms with E-state index in [2.05, 4.69) is 34.1 Å². The molecule has 0 N–H and O–H groups in total. The zero-order chi connectivity index (χ0) is 34.0. The second kappa shape index (κ2) is 16.4. The molecule has 0 aliphatic carbocycles. The first-order valence-corrected chi connectivity index (χ1v) is 16.5. The lowest BCUT2D eigenvalue weighted by Crippen LogP contribution is -2.35. The summed E-state index contributed by atoms with van der Waals surface area (Å²) >= 11 is 0. The van der Waals surface area contributed by atoms with Crippen LogP contribution in [0.4, 0.5) is 5.95 Å². The van der Waals surface area contributed by atoms with Gasteiger partial charge in [-0.25, -0.2) is 4.98 Å². The molecule has 11 nitrogen and oxygen atoms in total. The summed E-state index contributed by atoms with van der Waals surface area (Å²) in [5.41, 5.74) is 3.47. The molecule has 1 aliphatic rings. The van der Waals surface area contributed by atoms with Gasteiger partial charge >= 0.3 is 5.97 Å². The number of rotatable bonds is 14. The summed E-state index contributed by atoms with van der Waals surface area (Å²) in [5.74, 6) is 1.90. The van der Waals surface area contributed by atoms with Gasteiger partial charge in [0.25, 0.3) is 5.91 Å². The number of methoxy groups -OCH3 is 3. The third-order valence-electron chi connectivity index (χ3n) is 8.92. The van der Waals surface area contributed by atoms with Crippen molar-refractivity contribution in [1.29, 1.82) is 0 Å². The number of para-hydroxylation sites is 2. The van der Waals surface area contributed by atoms with Crippen LogP contribution in [-0.2, 0) is 16.1 Å². The van der Waals surface area contributed by atoms with E-state index in [1.54, 1.807) is 38.4 Å². The first-order chi connectivity index (χ1) is 23.4. The molecular formula is C37H47N5O6. The highest BCUT2D eigenvalue weighted by molar-refractivity contribution is 5.95. The standard InChI is InChI=1S/C37H47N5O6/c1-6-48-34(43)26-42-31-16-11-10-15-30(31)38-37(42)41-19-12-18-40(21-22-41)20-17-28(27-13-8-7-9-14-27)25-39(2)36(44)29-23-32(45-3)35(47-5)33(24-29)46-4/h7-11,13-16,23-24,28H,6,12,17-22,25-26H2,1-5H3. The molecule has 2 heterocycles. The van der Waals surface area contributed by atoms with Gasteiger partial charge in [0.15, 0.2) is 11.5 Å². The van der Waals surface area contributed by atoms with Crippen molar-refractivity contribution < 1.29 is 28.5 Å². The fraction of sp³-hybridized carbons (Fsp3) is 0.432. The summed E-state index contributed by atoms with van der Waals surface area (Å²) in [6.45, 7) is 7.20. The molecule has 1 aliphatic heterocycles. The van der Waals surface area contributed by atoms with E-state index in [0.717, 1.165) is 62.5 Å². The molecule has 11 heteroatoms. The molecule has 0 spiro atoms. The average Bonchev–Trinajstić information content (AvgIpc) is 3.30. The molecule has 256 valence electrons. The maximum Gasteiger partial charge on any atom is 0.326 e. The first-order valence-electron chi connectivity index (χ1n) is 16.5. The van der Waals surface area contributed by atoms with Crippen LogP contribution in [0.1, 0.15) is 41.6 Å². The molecule has 1 saturated heterocycles. The minimum atomic E-state index is -0.265. The summed E-state index contributed by atoms with van der Waals surface area (Å²) in [6, 6.07) is 21.7. The molecule has 1 fully saturated rings. The van der Waals surface area contributed by atoms with Gasteiger partial charge in [-0.2, -0.15) is 0 Å². The van der Waals surface area contributed by atoms with Gasteiger partial charge in [0.1, 0.15) is 6.54 Å². The number of hydrogen-bond acceptors (Lipinski definition) is 9. The summed E-state index contributed by atoms with van der Waals surface area (Å²) in [7, 11) is 6.47. The van der Waals surface area contributed by atoms with Crippen LogP contribution in [0.3, 0.4) is 0 Å². The largest absolute Gasteiger partial charge is 0.493 e. The van der Waals surface area contributed by atoms with Crippen molar-refractivity contribution in [3.05, 3.63) is 77.9 Å². The van der Waals surface area contributed by atoms with Crippen molar-refractivity contribution >= 4 is 28.9 Å². The number of likely N-dealkylation sites (N-methyl/N-ethyl adjacent to an activating group) is 1. The maximum atomic E-state index is 13.7. The Hall–Kier alpha value is -4.77. The van der Waals surface area contributed by atoms with Crippen molar-refractivity contribution in [3.8, 4) is 17.2 Å². The molecule has 5 rings (SSSR count). The lowest BCUT2D eigenvalue weighted by atomic mass is 9.94. The van der Waals surface area contributed by atoms with Gasteiger partial charge in [-0.05, 0) is 62.7 Å². The Morgan fingerprint density at radius 3 is 2.29 bits per heavy atom. The molecule has 1 unspecified atom stereocenters. The Morgan fingerprint density at radius 2 is 1.60 bits per heavy atom. The maximum absolute atomic E-state index is 13.7. The fourth-order valence-corrected chi connectivity index (χ4v) is 6.46. The average molecular weight is 658 g/mol. The first kappa shape index (κ1) is 34.6. The van der Waals surface area contributed by atoms with Crippen molar-refractivity contribution in [2.24, 2.45) is 0 Å². The van der Waals surface area contributed by atoms with E-state index in [1.165, 1.54) is 5.56 Å². The summed E-state index contributed by atoms with van der Waals surface area (Å²) < 4.78 is 23.7. The zero-order valence-corrected chi connectivity index (χ0v) is 28.7. The number of carbonyl (C=O) groups excluding carboxylic acids is 2. The number of nitrogens with zero attached hydrogens (tertiary/aromatic N) is 5. The summed E-state index contributed by atoms with van der Waals surface area (Å²) in [5, 5.41) is 0. The van der Waals surface area contributed by atoms with Crippen LogP contribution in [0.15, 0.2) is 66.7 Å². The van der Waals surface area contributed by atoms with Gasteiger partial charge in [-0.3, -0.25) is 14.2 Å². The normalized spacial score (nSPS) is 14.3. The third-order valence-corrected chi connectivity index (χ3v) is 8.92. The lowest BCUT2D eigenvalue weighted by molar-refractivity contribution is -0.143. The van der Waals surface area contributed by atoms with Crippen LogP contribution in [0.2, 0.25) is 0 Å². The highest BCUT2D eigenvalue weighted by atomic mass is 16.5. The summed E-state index contributed by atoms with van der Waals surface area (Å²) in [4.78, 5) is 37.7. The zero-order valence-electron chi connectivity index (χ0n) is 28.7. The van der Waals surface area contributed by atoms with Crippen LogP contribution >= 0.6 is 0 Å². The molecule has 1 atom stereocenters. The minimum Gasteiger partial charge on any atom is -0.493 e. The quantitative estimate of drug-likeness (QED) is 0.172. The van der Waals surface area contributed by atoms with E-state index in [1.807, 2.05) is 48.9 Å². The highest BCUT2D eigenvalue weighted by Crippen LogP contribution is 2.38. The minimum absolute atomic E-state index is 0.119. The van der Waals surface area contributed by atoms with Crippen molar-refractivity contribution in [1.82, 2.24) is 19.4 Å². The number of esters is 1. The molecule has 1 amide bonds. The van der Waals surface area contributed by atoms with Gasteiger partial charge < -0.3 is 33.6 Å². The van der Waals surface area contributed by atoms with Crippen LogP contribution in [0, 0.1) is 0 Å². The molecular weight excluding hydrogens is 610 g/mol. The number of imidazole rings is 1. The smallest absolute Gasteiger partial charge is 0.326 e. The molecule has 0 bridgehead atoms. The van der Waals surface area contributed by atoms with Gasteiger partial charge in [0.05, 0.1) is 39.0 Å². The number of amides is 1. The number of ether oxygens (including phenoxy) is 4. The monoisotopic (exact) mass is 657 g/mol. The van der Waals surface area contributed by atoms with Gasteiger partial charge in [0.2, 0.25) is 11.7 Å². The Bertz CT molecular complexity index is 1650. The third kappa shape index (κ3) is 8.02. The second-order valence-corrected chi connectivity index (χ2v) is 12.0.